The van der Waals surface area contributed by atoms with Crippen molar-refractivity contribution in [2.75, 3.05) is 5.32 Å². The van der Waals surface area contributed by atoms with Gasteiger partial charge in [-0.05, 0) is 23.9 Å². The Morgan fingerprint density at radius 1 is 1.57 bits per heavy atom. The van der Waals surface area contributed by atoms with Crippen LogP contribution in [-0.4, -0.2) is 9.78 Å². The molecular weight excluding hydrogens is 194 g/mol. The van der Waals surface area contributed by atoms with Crippen molar-refractivity contribution in [2.24, 2.45) is 7.05 Å². The van der Waals surface area contributed by atoms with E-state index in [1.807, 2.05) is 19.4 Å². The third-order valence-corrected chi connectivity index (χ3v) is 3.15. The molecule has 0 aromatic carbocycles. The quantitative estimate of drug-likeness (QED) is 0.837. The molecule has 0 aliphatic carbocycles. The summed E-state index contributed by atoms with van der Waals surface area (Å²) >= 11 is 1.79. The van der Waals surface area contributed by atoms with Crippen molar-refractivity contribution < 1.29 is 0 Å². The Hall–Kier alpha value is -1.29. The largest absolute Gasteiger partial charge is 0.378 e. The van der Waals surface area contributed by atoms with Crippen molar-refractivity contribution >= 4 is 17.0 Å². The van der Waals surface area contributed by atoms with E-state index in [-0.39, 0.29) is 0 Å². The molecule has 0 bridgehead atoms. The third kappa shape index (κ3) is 1.96. The van der Waals surface area contributed by atoms with E-state index in [1.165, 1.54) is 10.4 Å². The summed E-state index contributed by atoms with van der Waals surface area (Å²) in [6.45, 7) is 3.02. The minimum atomic E-state index is 0.884. The van der Waals surface area contributed by atoms with Gasteiger partial charge in [-0.15, -0.1) is 11.3 Å². The van der Waals surface area contributed by atoms with E-state index < -0.39 is 0 Å². The molecule has 0 radical (unpaired) electrons. The summed E-state index contributed by atoms with van der Waals surface area (Å²) in [5, 5.41) is 9.55. The van der Waals surface area contributed by atoms with Gasteiger partial charge < -0.3 is 5.32 Å². The highest BCUT2D eigenvalue weighted by Gasteiger charge is 2.00. The van der Waals surface area contributed by atoms with E-state index in [9.17, 15) is 0 Å². The predicted molar refractivity (Wildman–Crippen MR) is 59.6 cm³/mol. The molecule has 0 saturated heterocycles. The highest BCUT2D eigenvalue weighted by atomic mass is 32.1. The fourth-order valence-corrected chi connectivity index (χ4v) is 2.13. The first-order valence-electron chi connectivity index (χ1n) is 4.51. The first-order valence-corrected chi connectivity index (χ1v) is 5.39. The van der Waals surface area contributed by atoms with Crippen LogP contribution < -0.4 is 5.32 Å². The van der Waals surface area contributed by atoms with E-state index in [0.717, 1.165) is 12.2 Å². The van der Waals surface area contributed by atoms with Gasteiger partial charge in [-0.3, -0.25) is 4.68 Å². The van der Waals surface area contributed by atoms with Gasteiger partial charge in [0.25, 0.3) is 0 Å². The third-order valence-electron chi connectivity index (χ3n) is 2.13. The Morgan fingerprint density at radius 3 is 3.00 bits per heavy atom. The number of hydrogen-bond donors (Lipinski definition) is 1. The molecule has 0 aliphatic rings. The molecule has 2 aromatic rings. The molecule has 4 heteroatoms. The lowest BCUT2D eigenvalue weighted by atomic mass is 10.3. The second-order valence-electron chi connectivity index (χ2n) is 3.28. The minimum absolute atomic E-state index is 0.884. The van der Waals surface area contributed by atoms with Crippen LogP contribution in [0.2, 0.25) is 0 Å². The van der Waals surface area contributed by atoms with Gasteiger partial charge in [-0.25, -0.2) is 0 Å². The van der Waals surface area contributed by atoms with Crippen LogP contribution in [-0.2, 0) is 13.6 Å². The average molecular weight is 207 g/mol. The van der Waals surface area contributed by atoms with Crippen LogP contribution in [0.5, 0.6) is 0 Å². The predicted octanol–water partition coefficient (Wildman–Crippen LogP) is 2.40. The maximum atomic E-state index is 4.10. The zero-order valence-electron chi connectivity index (χ0n) is 8.32. The fraction of sp³-hybridized carbons (Fsp3) is 0.300. The molecule has 0 aliphatic heterocycles. The van der Waals surface area contributed by atoms with Crippen molar-refractivity contribution in [1.82, 2.24) is 9.78 Å². The molecule has 0 atom stereocenters. The van der Waals surface area contributed by atoms with E-state index in [2.05, 4.69) is 28.8 Å². The van der Waals surface area contributed by atoms with Crippen molar-refractivity contribution in [1.29, 1.82) is 0 Å². The molecule has 2 heterocycles. The number of aryl methyl sites for hydroxylation is 2. The lowest BCUT2D eigenvalue weighted by molar-refractivity contribution is 0.768. The van der Waals surface area contributed by atoms with Crippen molar-refractivity contribution in [3.05, 3.63) is 34.3 Å². The topological polar surface area (TPSA) is 29.9 Å². The number of nitrogens with zero attached hydrogens (tertiary/aromatic N) is 2. The Morgan fingerprint density at radius 2 is 2.43 bits per heavy atom. The monoisotopic (exact) mass is 207 g/mol. The molecule has 0 saturated carbocycles. The van der Waals surface area contributed by atoms with Crippen molar-refractivity contribution in [2.45, 2.75) is 13.5 Å². The van der Waals surface area contributed by atoms with Crippen LogP contribution in [0.25, 0.3) is 0 Å². The summed E-state index contributed by atoms with van der Waals surface area (Å²) in [6.07, 6.45) is 3.81. The molecule has 0 amide bonds. The highest BCUT2D eigenvalue weighted by Crippen LogP contribution is 2.17. The molecule has 2 rings (SSSR count). The number of anilines is 1. The molecule has 2 aromatic heterocycles. The van der Waals surface area contributed by atoms with Crippen molar-refractivity contribution in [3.63, 3.8) is 0 Å². The van der Waals surface area contributed by atoms with Gasteiger partial charge in [0.1, 0.15) is 0 Å². The summed E-state index contributed by atoms with van der Waals surface area (Å²) in [7, 11) is 1.92. The number of rotatable bonds is 3. The number of aromatic nitrogens is 2. The first-order chi connectivity index (χ1) is 6.75. The van der Waals surface area contributed by atoms with E-state index in [4.69, 9.17) is 0 Å². The number of nitrogens with one attached hydrogen (secondary N) is 1. The Bertz CT molecular complexity index is 416. The average Bonchev–Trinajstić information content (AvgIpc) is 2.72. The molecule has 1 N–H and O–H groups in total. The summed E-state index contributed by atoms with van der Waals surface area (Å²) in [4.78, 5) is 1.38. The molecular formula is C10H13N3S. The zero-order valence-corrected chi connectivity index (χ0v) is 9.14. The standard InChI is InChI=1S/C10H13N3S/c1-8-3-4-14-10(8)6-11-9-5-12-13(2)7-9/h3-5,7,11H,6H2,1-2H3. The van der Waals surface area contributed by atoms with Gasteiger partial charge in [-0.2, -0.15) is 5.10 Å². The molecule has 0 fully saturated rings. The highest BCUT2D eigenvalue weighted by molar-refractivity contribution is 7.10. The van der Waals surface area contributed by atoms with Gasteiger partial charge in [0.15, 0.2) is 0 Å². The number of hydrogen-bond acceptors (Lipinski definition) is 3. The molecule has 74 valence electrons. The Kier molecular flexibility index (Phi) is 2.54. The SMILES string of the molecule is Cc1ccsc1CNc1cnn(C)c1. The van der Waals surface area contributed by atoms with Crippen molar-refractivity contribution in [3.8, 4) is 0 Å². The van der Waals surface area contributed by atoms with Crippen LogP contribution >= 0.6 is 11.3 Å². The minimum Gasteiger partial charge on any atom is -0.378 e. The summed E-state index contributed by atoms with van der Waals surface area (Å²) in [5.41, 5.74) is 2.42. The maximum Gasteiger partial charge on any atom is 0.0729 e. The lowest BCUT2D eigenvalue weighted by Gasteiger charge is -2.01. The van der Waals surface area contributed by atoms with Crippen LogP contribution in [0, 0.1) is 6.92 Å². The summed E-state index contributed by atoms with van der Waals surface area (Å²) in [5.74, 6) is 0. The summed E-state index contributed by atoms with van der Waals surface area (Å²) < 4.78 is 1.80. The van der Waals surface area contributed by atoms with Gasteiger partial charge in [0, 0.05) is 24.7 Å². The molecule has 0 unspecified atom stereocenters. The summed E-state index contributed by atoms with van der Waals surface area (Å²) in [6, 6.07) is 2.14. The first kappa shape index (κ1) is 9.27. The number of thiophene rings is 1. The molecule has 0 spiro atoms. The second-order valence-corrected chi connectivity index (χ2v) is 4.28. The van der Waals surface area contributed by atoms with Crippen LogP contribution in [0.15, 0.2) is 23.8 Å². The van der Waals surface area contributed by atoms with Gasteiger partial charge >= 0.3 is 0 Å². The Labute approximate surface area is 87.4 Å². The van der Waals surface area contributed by atoms with E-state index >= 15 is 0 Å². The van der Waals surface area contributed by atoms with Crippen LogP contribution in [0.3, 0.4) is 0 Å². The zero-order chi connectivity index (χ0) is 9.97. The van der Waals surface area contributed by atoms with Crippen LogP contribution in [0.1, 0.15) is 10.4 Å². The normalized spacial score (nSPS) is 10.4. The van der Waals surface area contributed by atoms with E-state index in [1.54, 1.807) is 16.0 Å². The fourth-order valence-electron chi connectivity index (χ4n) is 1.28. The van der Waals surface area contributed by atoms with Gasteiger partial charge in [0.2, 0.25) is 0 Å². The maximum absolute atomic E-state index is 4.10. The van der Waals surface area contributed by atoms with Gasteiger partial charge in [0.05, 0.1) is 11.9 Å². The Balaban J connectivity index is 1.98. The molecule has 14 heavy (non-hydrogen) atoms. The molecule has 3 nitrogen and oxygen atoms in total. The second kappa shape index (κ2) is 3.84. The lowest BCUT2D eigenvalue weighted by Crippen LogP contribution is -1.97. The van der Waals surface area contributed by atoms with Gasteiger partial charge in [-0.1, -0.05) is 0 Å². The van der Waals surface area contributed by atoms with Crippen LogP contribution in [0.4, 0.5) is 5.69 Å². The smallest absolute Gasteiger partial charge is 0.0729 e. The van der Waals surface area contributed by atoms with E-state index in [0.29, 0.717) is 0 Å².